The van der Waals surface area contributed by atoms with Gasteiger partial charge in [0.2, 0.25) is 0 Å². The Hall–Kier alpha value is -1.97. The Labute approximate surface area is 101 Å². The SMILES string of the molecule is Cc1ccc(OCCc2cc(N)n[nH]2)c(C)c1. The summed E-state index contributed by atoms with van der Waals surface area (Å²) in [6, 6.07) is 8.00. The molecule has 4 nitrogen and oxygen atoms in total. The summed E-state index contributed by atoms with van der Waals surface area (Å²) < 4.78 is 5.72. The molecule has 0 saturated heterocycles. The number of H-pyrrole nitrogens is 1. The van der Waals surface area contributed by atoms with Crippen LogP contribution < -0.4 is 10.5 Å². The van der Waals surface area contributed by atoms with Gasteiger partial charge in [-0.05, 0) is 25.5 Å². The summed E-state index contributed by atoms with van der Waals surface area (Å²) in [6.45, 7) is 4.74. The van der Waals surface area contributed by atoms with E-state index < -0.39 is 0 Å². The van der Waals surface area contributed by atoms with E-state index in [-0.39, 0.29) is 0 Å². The van der Waals surface area contributed by atoms with Crippen LogP contribution in [0.1, 0.15) is 16.8 Å². The molecule has 17 heavy (non-hydrogen) atoms. The first kappa shape index (κ1) is 11.5. The van der Waals surface area contributed by atoms with Crippen molar-refractivity contribution in [1.29, 1.82) is 0 Å². The highest BCUT2D eigenvalue weighted by Crippen LogP contribution is 2.18. The van der Waals surface area contributed by atoms with Crippen LogP contribution in [-0.4, -0.2) is 16.8 Å². The second kappa shape index (κ2) is 4.91. The maximum atomic E-state index is 5.72. The third-order valence-electron chi connectivity index (χ3n) is 2.61. The fourth-order valence-corrected chi connectivity index (χ4v) is 1.74. The zero-order chi connectivity index (χ0) is 12.3. The van der Waals surface area contributed by atoms with E-state index >= 15 is 0 Å². The van der Waals surface area contributed by atoms with Crippen molar-refractivity contribution in [3.63, 3.8) is 0 Å². The number of benzene rings is 1. The van der Waals surface area contributed by atoms with Crippen LogP contribution in [0.25, 0.3) is 0 Å². The van der Waals surface area contributed by atoms with Gasteiger partial charge >= 0.3 is 0 Å². The number of nitrogens with two attached hydrogens (primary N) is 1. The minimum atomic E-state index is 0.520. The summed E-state index contributed by atoms with van der Waals surface area (Å²) >= 11 is 0. The highest BCUT2D eigenvalue weighted by atomic mass is 16.5. The number of ether oxygens (including phenoxy) is 1. The van der Waals surface area contributed by atoms with E-state index in [4.69, 9.17) is 10.5 Å². The van der Waals surface area contributed by atoms with E-state index in [0.29, 0.717) is 12.4 Å². The summed E-state index contributed by atoms with van der Waals surface area (Å²) in [6.07, 6.45) is 0.775. The number of anilines is 1. The summed E-state index contributed by atoms with van der Waals surface area (Å²) in [7, 11) is 0. The van der Waals surface area contributed by atoms with Gasteiger partial charge < -0.3 is 10.5 Å². The Bertz CT molecular complexity index is 505. The van der Waals surface area contributed by atoms with Crippen LogP contribution in [-0.2, 0) is 6.42 Å². The van der Waals surface area contributed by atoms with Crippen molar-refractivity contribution in [2.45, 2.75) is 20.3 Å². The summed E-state index contributed by atoms with van der Waals surface area (Å²) in [5, 5.41) is 6.73. The van der Waals surface area contributed by atoms with Crippen LogP contribution in [0.5, 0.6) is 5.75 Å². The molecule has 1 aromatic heterocycles. The highest BCUT2D eigenvalue weighted by Gasteiger charge is 2.01. The molecule has 1 aromatic carbocycles. The number of nitrogens with one attached hydrogen (secondary N) is 1. The van der Waals surface area contributed by atoms with Gasteiger partial charge in [0.1, 0.15) is 11.6 Å². The second-order valence-electron chi connectivity index (χ2n) is 4.19. The fraction of sp³-hybridized carbons (Fsp3) is 0.308. The van der Waals surface area contributed by atoms with E-state index in [1.54, 1.807) is 0 Å². The van der Waals surface area contributed by atoms with E-state index in [1.165, 1.54) is 5.56 Å². The maximum absolute atomic E-state index is 5.72. The average Bonchev–Trinajstić information content (AvgIpc) is 2.68. The van der Waals surface area contributed by atoms with Crippen LogP contribution in [0.2, 0.25) is 0 Å². The van der Waals surface area contributed by atoms with Gasteiger partial charge in [0.25, 0.3) is 0 Å². The first-order valence-electron chi connectivity index (χ1n) is 5.65. The predicted octanol–water partition coefficient (Wildman–Crippen LogP) is 2.23. The van der Waals surface area contributed by atoms with Crippen molar-refractivity contribution >= 4 is 5.82 Å². The third kappa shape index (κ3) is 3.00. The molecule has 3 N–H and O–H groups in total. The van der Waals surface area contributed by atoms with Crippen molar-refractivity contribution in [2.75, 3.05) is 12.3 Å². The molecule has 2 rings (SSSR count). The molecular weight excluding hydrogens is 214 g/mol. The number of aryl methyl sites for hydroxylation is 2. The van der Waals surface area contributed by atoms with Crippen molar-refractivity contribution in [2.24, 2.45) is 0 Å². The quantitative estimate of drug-likeness (QED) is 0.848. The van der Waals surface area contributed by atoms with Crippen molar-refractivity contribution in [3.05, 3.63) is 41.1 Å². The van der Waals surface area contributed by atoms with E-state index in [9.17, 15) is 0 Å². The number of nitrogen functional groups attached to an aromatic ring is 1. The monoisotopic (exact) mass is 231 g/mol. The Morgan fingerprint density at radius 1 is 1.29 bits per heavy atom. The lowest BCUT2D eigenvalue weighted by atomic mass is 10.1. The smallest absolute Gasteiger partial charge is 0.145 e. The number of hydrogen-bond donors (Lipinski definition) is 2. The topological polar surface area (TPSA) is 63.9 Å². The molecule has 0 saturated carbocycles. The van der Waals surface area contributed by atoms with Crippen LogP contribution in [0.4, 0.5) is 5.82 Å². The van der Waals surface area contributed by atoms with Crippen LogP contribution >= 0.6 is 0 Å². The largest absolute Gasteiger partial charge is 0.493 e. The number of rotatable bonds is 4. The van der Waals surface area contributed by atoms with Gasteiger partial charge in [0, 0.05) is 18.2 Å². The van der Waals surface area contributed by atoms with E-state index in [1.807, 2.05) is 12.1 Å². The Balaban J connectivity index is 1.90. The fourth-order valence-electron chi connectivity index (χ4n) is 1.74. The first-order chi connectivity index (χ1) is 8.15. The van der Waals surface area contributed by atoms with Gasteiger partial charge in [-0.15, -0.1) is 0 Å². The van der Waals surface area contributed by atoms with Gasteiger partial charge in [-0.2, -0.15) is 5.10 Å². The van der Waals surface area contributed by atoms with Gasteiger partial charge in [-0.3, -0.25) is 5.10 Å². The standard InChI is InChI=1S/C13H17N3O/c1-9-3-4-12(10(2)7-9)17-6-5-11-8-13(14)16-15-11/h3-4,7-8H,5-6H2,1-2H3,(H3,14,15,16). The molecule has 90 valence electrons. The lowest BCUT2D eigenvalue weighted by Gasteiger charge is -2.08. The zero-order valence-corrected chi connectivity index (χ0v) is 10.2. The van der Waals surface area contributed by atoms with Gasteiger partial charge in [-0.25, -0.2) is 0 Å². The Kier molecular flexibility index (Phi) is 3.32. The minimum absolute atomic E-state index is 0.520. The molecular formula is C13H17N3O. The van der Waals surface area contributed by atoms with Crippen LogP contribution in [0.15, 0.2) is 24.3 Å². The Morgan fingerprint density at radius 3 is 2.76 bits per heavy atom. The first-order valence-corrected chi connectivity index (χ1v) is 5.65. The predicted molar refractivity (Wildman–Crippen MR) is 68.1 cm³/mol. The second-order valence-corrected chi connectivity index (χ2v) is 4.19. The van der Waals surface area contributed by atoms with Crippen LogP contribution in [0, 0.1) is 13.8 Å². The summed E-state index contributed by atoms with van der Waals surface area (Å²) in [5.74, 6) is 1.45. The molecule has 0 unspecified atom stereocenters. The third-order valence-corrected chi connectivity index (χ3v) is 2.61. The summed E-state index contributed by atoms with van der Waals surface area (Å²) in [4.78, 5) is 0. The molecule has 0 bridgehead atoms. The van der Waals surface area contributed by atoms with Gasteiger partial charge in [0.15, 0.2) is 0 Å². The van der Waals surface area contributed by atoms with Gasteiger partial charge in [-0.1, -0.05) is 17.7 Å². The Morgan fingerprint density at radius 2 is 2.12 bits per heavy atom. The van der Waals surface area contributed by atoms with Crippen molar-refractivity contribution < 1.29 is 4.74 Å². The van der Waals surface area contributed by atoms with E-state index in [0.717, 1.165) is 23.4 Å². The molecule has 0 fully saturated rings. The number of nitrogens with zero attached hydrogens (tertiary/aromatic N) is 1. The molecule has 0 atom stereocenters. The summed E-state index contributed by atoms with van der Waals surface area (Å²) in [5.41, 5.74) is 8.92. The maximum Gasteiger partial charge on any atom is 0.145 e. The highest BCUT2D eigenvalue weighted by molar-refractivity contribution is 5.35. The van der Waals surface area contributed by atoms with Crippen molar-refractivity contribution in [1.82, 2.24) is 10.2 Å². The molecule has 0 radical (unpaired) electrons. The molecule has 0 aliphatic carbocycles. The molecule has 0 aliphatic rings. The van der Waals surface area contributed by atoms with Gasteiger partial charge in [0.05, 0.1) is 6.61 Å². The minimum Gasteiger partial charge on any atom is -0.493 e. The normalized spacial score (nSPS) is 10.5. The molecule has 2 aromatic rings. The molecule has 0 aliphatic heterocycles. The molecule has 4 heteroatoms. The van der Waals surface area contributed by atoms with Crippen LogP contribution in [0.3, 0.4) is 0 Å². The zero-order valence-electron chi connectivity index (χ0n) is 10.2. The van der Waals surface area contributed by atoms with E-state index in [2.05, 4.69) is 36.2 Å². The number of aromatic amines is 1. The molecule has 0 spiro atoms. The molecule has 0 amide bonds. The lowest BCUT2D eigenvalue weighted by Crippen LogP contribution is -2.02. The van der Waals surface area contributed by atoms with Crippen molar-refractivity contribution in [3.8, 4) is 5.75 Å². The number of hydrogen-bond acceptors (Lipinski definition) is 3. The number of aromatic nitrogens is 2. The molecule has 1 heterocycles. The average molecular weight is 231 g/mol. The lowest BCUT2D eigenvalue weighted by molar-refractivity contribution is 0.318.